The first-order valence-corrected chi connectivity index (χ1v) is 12.0. The van der Waals surface area contributed by atoms with Crippen LogP contribution in [0.25, 0.3) is 0 Å². The molecule has 2 fully saturated rings. The highest BCUT2D eigenvalue weighted by atomic mass is 35.5. The molecule has 0 aliphatic carbocycles. The Morgan fingerprint density at radius 1 is 1.12 bits per heavy atom. The van der Waals surface area contributed by atoms with Gasteiger partial charge >= 0.3 is 0 Å². The maximum absolute atomic E-state index is 13.0. The Balaban J connectivity index is 1.41. The van der Waals surface area contributed by atoms with Gasteiger partial charge in [0, 0.05) is 41.8 Å². The monoisotopic (exact) mass is 455 g/mol. The van der Waals surface area contributed by atoms with Crippen LogP contribution in [0.15, 0.2) is 36.4 Å². The van der Waals surface area contributed by atoms with E-state index < -0.39 is 0 Å². The Morgan fingerprint density at radius 2 is 1.88 bits per heavy atom. The van der Waals surface area contributed by atoms with Crippen molar-refractivity contribution in [3.05, 3.63) is 63.7 Å². The van der Waals surface area contributed by atoms with Gasteiger partial charge in [-0.3, -0.25) is 9.69 Å². The van der Waals surface area contributed by atoms with Crippen LogP contribution in [0.4, 0.5) is 0 Å². The molecule has 6 heteroatoms. The lowest BCUT2D eigenvalue weighted by atomic mass is 9.96. The second-order valence-corrected chi connectivity index (χ2v) is 9.53. The molecule has 2 aliphatic heterocycles. The number of amides is 1. The summed E-state index contributed by atoms with van der Waals surface area (Å²) in [6.07, 6.45) is 2.05. The predicted molar refractivity (Wildman–Crippen MR) is 130 cm³/mol. The van der Waals surface area contributed by atoms with Crippen molar-refractivity contribution in [3.63, 3.8) is 0 Å². The fraction of sp³-hybridized carbons (Fsp3) is 0.500. The molecule has 2 aromatic carbocycles. The highest BCUT2D eigenvalue weighted by molar-refractivity contribution is 6.30. The number of benzene rings is 2. The summed E-state index contributed by atoms with van der Waals surface area (Å²) in [5.74, 6) is 1.10. The summed E-state index contributed by atoms with van der Waals surface area (Å²) in [5, 5.41) is 3.81. The smallest absolute Gasteiger partial charge is 0.254 e. The fourth-order valence-corrected chi connectivity index (χ4v) is 5.34. The molecule has 2 bridgehead atoms. The maximum Gasteiger partial charge on any atom is 0.254 e. The van der Waals surface area contributed by atoms with Gasteiger partial charge in [-0.25, -0.2) is 0 Å². The zero-order chi connectivity index (χ0) is 22.8. The van der Waals surface area contributed by atoms with Crippen molar-refractivity contribution in [1.29, 1.82) is 0 Å². The van der Waals surface area contributed by atoms with E-state index in [1.165, 1.54) is 16.7 Å². The number of hydrogen-bond acceptors (Lipinski definition) is 4. The number of carbonyl (C=O) groups is 1. The lowest BCUT2D eigenvalue weighted by Gasteiger charge is -2.38. The van der Waals surface area contributed by atoms with Crippen molar-refractivity contribution in [2.24, 2.45) is 0 Å². The van der Waals surface area contributed by atoms with Crippen molar-refractivity contribution in [1.82, 2.24) is 15.1 Å². The molecule has 2 saturated heterocycles. The fourth-order valence-electron chi connectivity index (χ4n) is 5.21. The number of nitrogens with one attached hydrogen (secondary N) is 1. The Labute approximate surface area is 196 Å². The molecule has 5 nitrogen and oxygen atoms in total. The molecule has 4 rings (SSSR count). The first kappa shape index (κ1) is 23.1. The van der Waals surface area contributed by atoms with E-state index in [4.69, 9.17) is 16.3 Å². The molecule has 0 radical (unpaired) electrons. The number of nitrogens with zero attached hydrogens (tertiary/aromatic N) is 2. The van der Waals surface area contributed by atoms with E-state index in [2.05, 4.69) is 48.0 Å². The molecule has 0 spiro atoms. The van der Waals surface area contributed by atoms with Gasteiger partial charge in [0.05, 0.1) is 6.61 Å². The summed E-state index contributed by atoms with van der Waals surface area (Å²) in [6.45, 7) is 10.0. The average Bonchev–Trinajstić information content (AvgIpc) is 3.40. The number of piperazine rings is 1. The number of halogens is 1. The minimum Gasteiger partial charge on any atom is -0.493 e. The zero-order valence-corrected chi connectivity index (χ0v) is 20.3. The normalized spacial score (nSPS) is 21.2. The third-order valence-electron chi connectivity index (χ3n) is 7.19. The van der Waals surface area contributed by atoms with Gasteiger partial charge in [-0.2, -0.15) is 0 Å². The quantitative estimate of drug-likeness (QED) is 0.590. The van der Waals surface area contributed by atoms with Gasteiger partial charge in [0.2, 0.25) is 0 Å². The molecule has 1 N–H and O–H groups in total. The van der Waals surface area contributed by atoms with Gasteiger partial charge in [-0.05, 0) is 94.2 Å². The van der Waals surface area contributed by atoms with E-state index in [0.717, 1.165) is 50.4 Å². The second-order valence-electron chi connectivity index (χ2n) is 9.09. The van der Waals surface area contributed by atoms with Crippen molar-refractivity contribution in [2.45, 2.75) is 51.7 Å². The van der Waals surface area contributed by atoms with Crippen molar-refractivity contribution < 1.29 is 9.53 Å². The number of ether oxygens (including phenoxy) is 1. The van der Waals surface area contributed by atoms with Crippen LogP contribution < -0.4 is 10.1 Å². The predicted octanol–water partition coefficient (Wildman–Crippen LogP) is 4.61. The molecule has 3 atom stereocenters. The van der Waals surface area contributed by atoms with Crippen LogP contribution in [0.2, 0.25) is 5.02 Å². The number of hydrogen-bond donors (Lipinski definition) is 1. The summed E-state index contributed by atoms with van der Waals surface area (Å²) in [5.41, 5.74) is 4.61. The third-order valence-corrected chi connectivity index (χ3v) is 7.44. The van der Waals surface area contributed by atoms with E-state index in [0.29, 0.717) is 17.1 Å². The molecule has 2 heterocycles. The summed E-state index contributed by atoms with van der Waals surface area (Å²) in [6, 6.07) is 12.6. The van der Waals surface area contributed by atoms with Gasteiger partial charge in [0.25, 0.3) is 5.91 Å². The van der Waals surface area contributed by atoms with E-state index in [9.17, 15) is 4.79 Å². The number of rotatable bonds is 8. The molecule has 32 heavy (non-hydrogen) atoms. The number of likely N-dealkylation sites (tertiary alicyclic amines) is 2. The van der Waals surface area contributed by atoms with Gasteiger partial charge in [0.15, 0.2) is 0 Å². The first-order valence-electron chi connectivity index (χ1n) is 11.6. The Bertz CT molecular complexity index is 962. The van der Waals surface area contributed by atoms with Crippen LogP contribution in [0.1, 0.15) is 52.9 Å². The van der Waals surface area contributed by atoms with Crippen molar-refractivity contribution >= 4 is 17.5 Å². The van der Waals surface area contributed by atoms with Crippen LogP contribution >= 0.6 is 11.6 Å². The summed E-state index contributed by atoms with van der Waals surface area (Å²) >= 11 is 5.98. The highest BCUT2D eigenvalue weighted by Crippen LogP contribution is 2.39. The van der Waals surface area contributed by atoms with Gasteiger partial charge in [-0.1, -0.05) is 17.7 Å². The maximum atomic E-state index is 13.0. The summed E-state index contributed by atoms with van der Waals surface area (Å²) in [7, 11) is 1.96. The molecule has 0 aromatic heterocycles. The molecule has 1 unspecified atom stereocenters. The lowest BCUT2D eigenvalue weighted by Crippen LogP contribution is -2.49. The molecule has 2 aliphatic rings. The van der Waals surface area contributed by atoms with Crippen LogP contribution in [-0.4, -0.2) is 61.1 Å². The van der Waals surface area contributed by atoms with Gasteiger partial charge in [0.1, 0.15) is 5.75 Å². The number of fused-ring (bicyclic) bond motifs is 2. The topological polar surface area (TPSA) is 44.8 Å². The number of carbonyl (C=O) groups excluding carboxylic acids is 1. The van der Waals surface area contributed by atoms with Gasteiger partial charge in [-0.15, -0.1) is 0 Å². The van der Waals surface area contributed by atoms with E-state index in [1.807, 2.05) is 19.2 Å². The van der Waals surface area contributed by atoms with Crippen molar-refractivity contribution in [3.8, 4) is 5.75 Å². The Hall–Kier alpha value is -2.08. The highest BCUT2D eigenvalue weighted by Gasteiger charge is 2.47. The average molecular weight is 456 g/mol. The minimum absolute atomic E-state index is 0.119. The molecule has 172 valence electrons. The Kier molecular flexibility index (Phi) is 7.08. The zero-order valence-electron chi connectivity index (χ0n) is 19.5. The molecular formula is C26H34ClN3O2. The largest absolute Gasteiger partial charge is 0.493 e. The van der Waals surface area contributed by atoms with Crippen LogP contribution in [-0.2, 0) is 0 Å². The summed E-state index contributed by atoms with van der Waals surface area (Å²) < 4.78 is 6.01. The second kappa shape index (κ2) is 9.82. The minimum atomic E-state index is 0.119. The van der Waals surface area contributed by atoms with E-state index in [-0.39, 0.29) is 11.9 Å². The van der Waals surface area contributed by atoms with Crippen LogP contribution in [0.3, 0.4) is 0 Å². The standard InChI is InChI=1S/C26H34ClN3O2/c1-17-18(2)25(32-13-5-12-28-4)11-10-24(17)19(3)29-15-23-14-22(29)16-30(23)26(31)20-6-8-21(27)9-7-20/h6-11,19,22-23,28H,5,12-16H2,1-4H3/t19?,22-,23+/m1/s1. The molecular weight excluding hydrogens is 422 g/mol. The Morgan fingerprint density at radius 3 is 2.53 bits per heavy atom. The summed E-state index contributed by atoms with van der Waals surface area (Å²) in [4.78, 5) is 17.6. The van der Waals surface area contributed by atoms with E-state index in [1.54, 1.807) is 12.1 Å². The van der Waals surface area contributed by atoms with Crippen LogP contribution in [0, 0.1) is 13.8 Å². The van der Waals surface area contributed by atoms with E-state index >= 15 is 0 Å². The SMILES string of the molecule is CNCCCOc1ccc(C(C)N2C[C@@H]3C[C@@H]2CN3C(=O)c2ccc(Cl)cc2)c(C)c1C. The lowest BCUT2D eigenvalue weighted by molar-refractivity contribution is 0.0569. The van der Waals surface area contributed by atoms with Gasteiger partial charge < -0.3 is 15.0 Å². The first-order chi connectivity index (χ1) is 15.4. The van der Waals surface area contributed by atoms with Crippen LogP contribution in [0.5, 0.6) is 5.75 Å². The third kappa shape index (κ3) is 4.52. The molecule has 2 aromatic rings. The molecule has 0 saturated carbocycles. The molecule has 1 amide bonds. The van der Waals surface area contributed by atoms with Crippen molar-refractivity contribution in [2.75, 3.05) is 33.3 Å².